The quantitative estimate of drug-likeness (QED) is 0.299. The Hall–Kier alpha value is -2.71. The van der Waals surface area contributed by atoms with Crippen LogP contribution < -0.4 is 0 Å². The van der Waals surface area contributed by atoms with Gasteiger partial charge in [-0.3, -0.25) is 4.98 Å². The van der Waals surface area contributed by atoms with E-state index in [0.717, 1.165) is 5.69 Å². The third-order valence-electron chi connectivity index (χ3n) is 5.33. The molecular formula is C25H21NS. The van der Waals surface area contributed by atoms with Crippen molar-refractivity contribution < 1.29 is 0 Å². The molecule has 0 atom stereocenters. The maximum atomic E-state index is 4.78. The highest BCUT2D eigenvalue weighted by molar-refractivity contribution is 7.27. The topological polar surface area (TPSA) is 12.9 Å². The summed E-state index contributed by atoms with van der Waals surface area (Å²) in [7, 11) is 0. The normalized spacial score (nSPS) is 11.7. The van der Waals surface area contributed by atoms with E-state index in [1.165, 1.54) is 58.8 Å². The molecule has 0 unspecified atom stereocenters. The van der Waals surface area contributed by atoms with E-state index < -0.39 is 0 Å². The Balaban J connectivity index is 1.91. The van der Waals surface area contributed by atoms with Crippen LogP contribution in [0, 0.1) is 27.7 Å². The Morgan fingerprint density at radius 1 is 0.630 bits per heavy atom. The summed E-state index contributed by atoms with van der Waals surface area (Å²) in [5, 5.41) is 5.35. The Kier molecular flexibility index (Phi) is 3.60. The van der Waals surface area contributed by atoms with Crippen LogP contribution in [-0.4, -0.2) is 4.98 Å². The summed E-state index contributed by atoms with van der Waals surface area (Å²) in [4.78, 5) is 4.78. The molecule has 2 aromatic heterocycles. The van der Waals surface area contributed by atoms with Crippen LogP contribution in [0.1, 0.15) is 22.3 Å². The van der Waals surface area contributed by atoms with Crippen LogP contribution >= 0.6 is 11.3 Å². The van der Waals surface area contributed by atoms with Crippen molar-refractivity contribution in [2.24, 2.45) is 0 Å². The summed E-state index contributed by atoms with van der Waals surface area (Å²) in [5.41, 5.74) is 7.53. The molecule has 5 rings (SSSR count). The summed E-state index contributed by atoms with van der Waals surface area (Å²) in [5.74, 6) is 0. The van der Waals surface area contributed by atoms with E-state index in [9.17, 15) is 0 Å². The predicted molar refractivity (Wildman–Crippen MR) is 119 cm³/mol. The number of hydrogen-bond acceptors (Lipinski definition) is 2. The molecule has 0 saturated heterocycles. The van der Waals surface area contributed by atoms with Crippen LogP contribution in [0.3, 0.4) is 0 Å². The summed E-state index contributed by atoms with van der Waals surface area (Å²) >= 11 is 1.88. The average Bonchev–Trinajstić information content (AvgIpc) is 3.00. The first-order valence-electron chi connectivity index (χ1n) is 9.31. The van der Waals surface area contributed by atoms with Crippen LogP contribution in [0.2, 0.25) is 0 Å². The number of aromatic nitrogens is 1. The second-order valence-electron chi connectivity index (χ2n) is 7.63. The molecule has 27 heavy (non-hydrogen) atoms. The van der Waals surface area contributed by atoms with Crippen LogP contribution in [0.15, 0.2) is 54.7 Å². The SMILES string of the molecule is Cc1cc(C)cc(-c2nccc3c2sc2c4cc(C)cc(C)c4ccc32)c1. The first-order valence-corrected chi connectivity index (χ1v) is 10.1. The van der Waals surface area contributed by atoms with Crippen molar-refractivity contribution in [1.29, 1.82) is 0 Å². The molecule has 0 spiro atoms. The third kappa shape index (κ3) is 2.55. The molecule has 0 radical (unpaired) electrons. The molecule has 3 aromatic carbocycles. The third-order valence-corrected chi connectivity index (χ3v) is 6.59. The number of thiophene rings is 1. The molecule has 0 saturated carbocycles. The minimum atomic E-state index is 1.10. The van der Waals surface area contributed by atoms with Crippen LogP contribution in [0.25, 0.3) is 42.2 Å². The van der Waals surface area contributed by atoms with E-state index in [4.69, 9.17) is 4.98 Å². The predicted octanol–water partition coefficient (Wildman–Crippen LogP) is 7.50. The fourth-order valence-corrected chi connectivity index (χ4v) is 5.61. The van der Waals surface area contributed by atoms with Gasteiger partial charge in [-0.15, -0.1) is 11.3 Å². The Morgan fingerprint density at radius 3 is 2.07 bits per heavy atom. The molecular weight excluding hydrogens is 346 g/mol. The van der Waals surface area contributed by atoms with E-state index in [1.807, 2.05) is 17.5 Å². The summed E-state index contributed by atoms with van der Waals surface area (Å²) in [6.45, 7) is 8.69. The van der Waals surface area contributed by atoms with Crippen LogP contribution in [0.4, 0.5) is 0 Å². The molecule has 5 aromatic rings. The molecule has 0 aliphatic carbocycles. The van der Waals surface area contributed by atoms with Gasteiger partial charge in [-0.05, 0) is 62.9 Å². The number of hydrogen-bond donors (Lipinski definition) is 0. The molecule has 0 aliphatic rings. The van der Waals surface area contributed by atoms with Gasteiger partial charge in [0.15, 0.2) is 0 Å². The number of pyridine rings is 1. The lowest BCUT2D eigenvalue weighted by atomic mass is 9.99. The minimum absolute atomic E-state index is 1.10. The van der Waals surface area contributed by atoms with Crippen LogP contribution in [0.5, 0.6) is 0 Å². The second-order valence-corrected chi connectivity index (χ2v) is 8.65. The maximum absolute atomic E-state index is 4.78. The number of aryl methyl sites for hydroxylation is 4. The second kappa shape index (κ2) is 5.90. The monoisotopic (exact) mass is 367 g/mol. The fourth-order valence-electron chi connectivity index (χ4n) is 4.28. The number of benzene rings is 3. The highest BCUT2D eigenvalue weighted by Crippen LogP contribution is 2.42. The number of nitrogens with zero attached hydrogens (tertiary/aromatic N) is 1. The summed E-state index contributed by atoms with van der Waals surface area (Å²) < 4.78 is 2.65. The molecule has 2 heterocycles. The lowest BCUT2D eigenvalue weighted by Crippen LogP contribution is -1.86. The smallest absolute Gasteiger partial charge is 0.0880 e. The van der Waals surface area contributed by atoms with Gasteiger partial charge in [0.1, 0.15) is 0 Å². The molecule has 0 aliphatic heterocycles. The van der Waals surface area contributed by atoms with Gasteiger partial charge >= 0.3 is 0 Å². The van der Waals surface area contributed by atoms with Gasteiger partial charge in [0.05, 0.1) is 10.4 Å². The Labute approximate surface area is 163 Å². The first-order chi connectivity index (χ1) is 13.0. The van der Waals surface area contributed by atoms with Crippen molar-refractivity contribution in [1.82, 2.24) is 4.98 Å². The standard InChI is InChI=1S/C25H21NS/c1-14-9-15(2)12-18(11-14)23-25-21(7-8-26-23)20-6-5-19-17(4)10-16(3)13-22(19)24(20)27-25/h5-13H,1-4H3. The zero-order valence-electron chi connectivity index (χ0n) is 16.1. The van der Waals surface area contributed by atoms with Gasteiger partial charge in [0, 0.05) is 32.6 Å². The molecule has 132 valence electrons. The van der Waals surface area contributed by atoms with Gasteiger partial charge < -0.3 is 0 Å². The average molecular weight is 368 g/mol. The highest BCUT2D eigenvalue weighted by atomic mass is 32.1. The van der Waals surface area contributed by atoms with Gasteiger partial charge in [-0.2, -0.15) is 0 Å². The lowest BCUT2D eigenvalue weighted by molar-refractivity contribution is 1.33. The highest BCUT2D eigenvalue weighted by Gasteiger charge is 2.14. The molecule has 0 bridgehead atoms. The fraction of sp³-hybridized carbons (Fsp3) is 0.160. The zero-order chi connectivity index (χ0) is 18.7. The van der Waals surface area contributed by atoms with Crippen molar-refractivity contribution in [2.45, 2.75) is 27.7 Å². The minimum Gasteiger partial charge on any atom is -0.255 e. The molecule has 1 nitrogen and oxygen atoms in total. The van der Waals surface area contributed by atoms with Crippen molar-refractivity contribution in [3.8, 4) is 11.3 Å². The lowest BCUT2D eigenvalue weighted by Gasteiger charge is -2.05. The number of fused-ring (bicyclic) bond motifs is 5. The number of rotatable bonds is 1. The molecule has 0 N–H and O–H groups in total. The van der Waals surface area contributed by atoms with Crippen molar-refractivity contribution in [3.63, 3.8) is 0 Å². The largest absolute Gasteiger partial charge is 0.255 e. The van der Waals surface area contributed by atoms with Crippen molar-refractivity contribution >= 4 is 42.3 Å². The van der Waals surface area contributed by atoms with Crippen LogP contribution in [-0.2, 0) is 0 Å². The van der Waals surface area contributed by atoms with Gasteiger partial charge in [-0.25, -0.2) is 0 Å². The molecule has 0 amide bonds. The summed E-state index contributed by atoms with van der Waals surface area (Å²) in [6, 6.07) is 18.0. The van der Waals surface area contributed by atoms with Crippen molar-refractivity contribution in [2.75, 3.05) is 0 Å². The maximum Gasteiger partial charge on any atom is 0.0880 e. The van der Waals surface area contributed by atoms with Gasteiger partial charge in [0.2, 0.25) is 0 Å². The van der Waals surface area contributed by atoms with Gasteiger partial charge in [-0.1, -0.05) is 41.0 Å². The first kappa shape index (κ1) is 16.5. The van der Waals surface area contributed by atoms with E-state index in [1.54, 1.807) is 0 Å². The van der Waals surface area contributed by atoms with E-state index >= 15 is 0 Å². The summed E-state index contributed by atoms with van der Waals surface area (Å²) in [6.07, 6.45) is 1.95. The van der Waals surface area contributed by atoms with E-state index in [-0.39, 0.29) is 0 Å². The molecule has 2 heteroatoms. The van der Waals surface area contributed by atoms with Gasteiger partial charge in [0.25, 0.3) is 0 Å². The van der Waals surface area contributed by atoms with Crippen molar-refractivity contribution in [3.05, 3.63) is 77.0 Å². The Morgan fingerprint density at radius 2 is 1.30 bits per heavy atom. The molecule has 0 fully saturated rings. The Bertz CT molecular complexity index is 1340. The van der Waals surface area contributed by atoms with E-state index in [0.29, 0.717) is 0 Å². The zero-order valence-corrected chi connectivity index (χ0v) is 16.9. The van der Waals surface area contributed by atoms with E-state index in [2.05, 4.69) is 76.2 Å².